The van der Waals surface area contributed by atoms with E-state index in [2.05, 4.69) is 13.8 Å². The van der Waals surface area contributed by atoms with Gasteiger partial charge in [-0.2, -0.15) is 0 Å². The van der Waals surface area contributed by atoms with Crippen molar-refractivity contribution in [2.45, 2.75) is 52.0 Å². The molecule has 0 aromatic carbocycles. The molecule has 0 saturated carbocycles. The first-order valence-electron chi connectivity index (χ1n) is 7.99. The summed E-state index contributed by atoms with van der Waals surface area (Å²) in [4.78, 5) is 0. The molecule has 0 atom stereocenters. The van der Waals surface area contributed by atoms with Crippen molar-refractivity contribution in [2.24, 2.45) is 0 Å². The fourth-order valence-corrected chi connectivity index (χ4v) is 2.36. The highest BCUT2D eigenvalue weighted by molar-refractivity contribution is 6.26. The highest BCUT2D eigenvalue weighted by Crippen LogP contribution is 1.94. The van der Waals surface area contributed by atoms with Crippen LogP contribution in [0.4, 0.5) is 0 Å². The molecular formula is C15H32O4Si. The predicted octanol–water partition coefficient (Wildman–Crippen LogP) is 3.08. The van der Waals surface area contributed by atoms with Crippen molar-refractivity contribution in [1.29, 1.82) is 0 Å². The average Bonchev–Trinajstić information content (AvgIpc) is 2.47. The number of rotatable bonds is 17. The summed E-state index contributed by atoms with van der Waals surface area (Å²) in [6, 6.07) is 1.18. The first-order chi connectivity index (χ1) is 9.91. The van der Waals surface area contributed by atoms with E-state index in [1.807, 2.05) is 0 Å². The number of hydrogen-bond donors (Lipinski definition) is 0. The fourth-order valence-electron chi connectivity index (χ4n) is 1.49. The van der Waals surface area contributed by atoms with Crippen LogP contribution in [0.2, 0.25) is 6.04 Å². The second-order valence-corrected chi connectivity index (χ2v) is 5.72. The number of unbranched alkanes of at least 4 members (excludes halogenated alkanes) is 3. The van der Waals surface area contributed by atoms with Crippen molar-refractivity contribution >= 4 is 9.76 Å². The van der Waals surface area contributed by atoms with Crippen molar-refractivity contribution < 1.29 is 18.6 Å². The summed E-state index contributed by atoms with van der Waals surface area (Å²) in [5.41, 5.74) is 0. The minimum absolute atomic E-state index is 0.623. The van der Waals surface area contributed by atoms with Crippen LogP contribution in [0.15, 0.2) is 0 Å². The summed E-state index contributed by atoms with van der Waals surface area (Å²) in [5, 5.41) is 0. The fraction of sp³-hybridized carbons (Fsp3) is 1.00. The van der Waals surface area contributed by atoms with E-state index < -0.39 is 0 Å². The van der Waals surface area contributed by atoms with Crippen LogP contribution in [0.5, 0.6) is 0 Å². The Kier molecular flexibility index (Phi) is 19.1. The third kappa shape index (κ3) is 18.1. The van der Waals surface area contributed by atoms with Crippen molar-refractivity contribution in [2.75, 3.05) is 46.2 Å². The molecule has 0 fully saturated rings. The molecule has 0 amide bonds. The van der Waals surface area contributed by atoms with Crippen LogP contribution >= 0.6 is 0 Å². The Morgan fingerprint density at radius 3 is 1.75 bits per heavy atom. The summed E-state index contributed by atoms with van der Waals surface area (Å²) in [6.45, 7) is 9.22. The largest absolute Gasteiger partial charge is 0.415 e. The van der Waals surface area contributed by atoms with Gasteiger partial charge in [0.1, 0.15) is 0 Å². The molecule has 0 heterocycles. The lowest BCUT2D eigenvalue weighted by Crippen LogP contribution is -2.12. The van der Waals surface area contributed by atoms with Gasteiger partial charge in [-0.1, -0.05) is 39.5 Å². The Morgan fingerprint density at radius 2 is 1.15 bits per heavy atom. The van der Waals surface area contributed by atoms with Gasteiger partial charge in [-0.3, -0.25) is 0 Å². The van der Waals surface area contributed by atoms with E-state index in [0.717, 1.165) is 13.0 Å². The minimum atomic E-state index is 0.623. The van der Waals surface area contributed by atoms with Crippen molar-refractivity contribution in [1.82, 2.24) is 0 Å². The first kappa shape index (κ1) is 20.1. The van der Waals surface area contributed by atoms with Crippen LogP contribution in [0.3, 0.4) is 0 Å². The Hall–Kier alpha value is 0.0569. The zero-order valence-corrected chi connectivity index (χ0v) is 14.3. The molecule has 0 aliphatic heterocycles. The Bertz CT molecular complexity index is 152. The second-order valence-electron chi connectivity index (χ2n) is 4.64. The van der Waals surface area contributed by atoms with Crippen molar-refractivity contribution in [3.63, 3.8) is 0 Å². The Balaban J connectivity index is 2.89. The zero-order chi connectivity index (χ0) is 14.7. The summed E-state index contributed by atoms with van der Waals surface area (Å²) >= 11 is 0. The molecule has 0 aliphatic rings. The van der Waals surface area contributed by atoms with Crippen LogP contribution in [-0.2, 0) is 18.6 Å². The van der Waals surface area contributed by atoms with Gasteiger partial charge in [0.15, 0.2) is 0 Å². The maximum absolute atomic E-state index is 5.47. The quantitative estimate of drug-likeness (QED) is 0.306. The first-order valence-corrected chi connectivity index (χ1v) is 9.11. The average molecular weight is 305 g/mol. The number of hydrogen-bond acceptors (Lipinski definition) is 4. The van der Waals surface area contributed by atoms with E-state index in [1.165, 1.54) is 31.7 Å². The van der Waals surface area contributed by atoms with Gasteiger partial charge in [-0.05, 0) is 12.5 Å². The van der Waals surface area contributed by atoms with Gasteiger partial charge in [0, 0.05) is 6.61 Å². The highest BCUT2D eigenvalue weighted by atomic mass is 28.2. The normalized spacial score (nSPS) is 11.1. The maximum atomic E-state index is 5.47. The third-order valence-corrected chi connectivity index (χ3v) is 3.67. The minimum Gasteiger partial charge on any atom is -0.415 e. The lowest BCUT2D eigenvalue weighted by Gasteiger charge is -2.07. The zero-order valence-electron chi connectivity index (χ0n) is 13.3. The lowest BCUT2D eigenvalue weighted by molar-refractivity contribution is 0.00895. The second kappa shape index (κ2) is 19.1. The van der Waals surface area contributed by atoms with Crippen molar-refractivity contribution in [3.8, 4) is 0 Å². The van der Waals surface area contributed by atoms with E-state index in [4.69, 9.17) is 18.6 Å². The van der Waals surface area contributed by atoms with E-state index in [1.54, 1.807) is 0 Å². The SMILES string of the molecule is CCCCCOCCOCCOCCO[Si]CCCC. The van der Waals surface area contributed by atoms with Crippen LogP contribution in [0.25, 0.3) is 0 Å². The molecule has 0 N–H and O–H groups in total. The molecule has 2 radical (unpaired) electrons. The summed E-state index contributed by atoms with van der Waals surface area (Å²) in [7, 11) is 0.623. The smallest absolute Gasteiger partial charge is 0.229 e. The van der Waals surface area contributed by atoms with Crippen LogP contribution in [0.1, 0.15) is 46.0 Å². The van der Waals surface area contributed by atoms with Crippen LogP contribution in [0, 0.1) is 0 Å². The summed E-state index contributed by atoms with van der Waals surface area (Å²) in [5.74, 6) is 0. The molecule has 20 heavy (non-hydrogen) atoms. The van der Waals surface area contributed by atoms with E-state index >= 15 is 0 Å². The molecule has 0 spiro atoms. The molecule has 0 rings (SSSR count). The van der Waals surface area contributed by atoms with E-state index in [9.17, 15) is 0 Å². The predicted molar refractivity (Wildman–Crippen MR) is 83.4 cm³/mol. The molecule has 0 saturated heterocycles. The molecule has 0 bridgehead atoms. The monoisotopic (exact) mass is 304 g/mol. The van der Waals surface area contributed by atoms with Crippen molar-refractivity contribution in [3.05, 3.63) is 0 Å². The van der Waals surface area contributed by atoms with Gasteiger partial charge < -0.3 is 18.6 Å². The summed E-state index contributed by atoms with van der Waals surface area (Å²) < 4.78 is 21.7. The van der Waals surface area contributed by atoms with Gasteiger partial charge in [0.25, 0.3) is 0 Å². The Morgan fingerprint density at radius 1 is 0.600 bits per heavy atom. The molecular weight excluding hydrogens is 272 g/mol. The molecule has 0 unspecified atom stereocenters. The lowest BCUT2D eigenvalue weighted by atomic mass is 10.3. The standard InChI is InChI=1S/C15H32O4Si/c1-3-5-7-8-16-9-10-17-11-12-18-13-14-19-20-15-6-4-2/h3-15H2,1-2H3. The molecule has 0 aromatic rings. The van der Waals surface area contributed by atoms with E-state index in [-0.39, 0.29) is 0 Å². The van der Waals surface area contributed by atoms with E-state index in [0.29, 0.717) is 49.4 Å². The van der Waals surface area contributed by atoms with Gasteiger partial charge in [-0.15, -0.1) is 0 Å². The molecule has 4 nitrogen and oxygen atoms in total. The molecule has 0 aliphatic carbocycles. The topological polar surface area (TPSA) is 36.9 Å². The number of ether oxygens (including phenoxy) is 3. The summed E-state index contributed by atoms with van der Waals surface area (Å²) in [6.07, 6.45) is 6.13. The third-order valence-electron chi connectivity index (χ3n) is 2.70. The van der Waals surface area contributed by atoms with Gasteiger partial charge in [-0.25, -0.2) is 0 Å². The highest BCUT2D eigenvalue weighted by Gasteiger charge is 1.94. The van der Waals surface area contributed by atoms with Gasteiger partial charge in [0.05, 0.1) is 39.6 Å². The van der Waals surface area contributed by atoms with Gasteiger partial charge in [0.2, 0.25) is 9.76 Å². The molecule has 120 valence electrons. The molecule has 5 heteroatoms. The molecule has 0 aromatic heterocycles. The van der Waals surface area contributed by atoms with Crippen LogP contribution < -0.4 is 0 Å². The maximum Gasteiger partial charge on any atom is 0.229 e. The Labute approximate surface area is 127 Å². The van der Waals surface area contributed by atoms with Gasteiger partial charge >= 0.3 is 0 Å². The van der Waals surface area contributed by atoms with Crippen LogP contribution in [-0.4, -0.2) is 56.0 Å².